The number of rotatable bonds is 11. The fraction of sp³-hybridized carbons (Fsp3) is 0.333. The van der Waals surface area contributed by atoms with Gasteiger partial charge in [-0.05, 0) is 73.1 Å². The monoisotopic (exact) mass is 785 g/mol. The van der Waals surface area contributed by atoms with Gasteiger partial charge in [0.15, 0.2) is 11.4 Å². The van der Waals surface area contributed by atoms with Gasteiger partial charge in [-0.15, -0.1) is 5.10 Å². The van der Waals surface area contributed by atoms with E-state index in [0.29, 0.717) is 24.3 Å². The molecule has 1 N–H and O–H groups in total. The number of aromatic nitrogens is 4. The average molecular weight is 787 g/mol. The summed E-state index contributed by atoms with van der Waals surface area (Å²) in [6, 6.07) is 26.2. The molecule has 2 aliphatic heterocycles. The Morgan fingerprint density at radius 1 is 1.06 bits per heavy atom. The van der Waals surface area contributed by atoms with Crippen molar-refractivity contribution in [1.29, 1.82) is 0 Å². The van der Waals surface area contributed by atoms with E-state index in [1.807, 2.05) is 85.9 Å². The largest absolute Gasteiger partial charge is 0.491 e. The van der Waals surface area contributed by atoms with Crippen LogP contribution in [0.25, 0.3) is 5.69 Å². The molecule has 2 aromatic heterocycles. The first-order valence-electron chi connectivity index (χ1n) is 17.4. The Morgan fingerprint density at radius 2 is 1.81 bits per heavy atom. The summed E-state index contributed by atoms with van der Waals surface area (Å²) in [6.45, 7) is 5.89. The van der Waals surface area contributed by atoms with Crippen LogP contribution in [0.15, 0.2) is 107 Å². The number of hydrogen-bond acceptors (Lipinski definition) is 7. The number of benzene rings is 3. The van der Waals surface area contributed by atoms with Gasteiger partial charge in [-0.2, -0.15) is 0 Å². The van der Waals surface area contributed by atoms with Gasteiger partial charge in [0.05, 0.1) is 43.7 Å². The number of nitrogens with zero attached hydrogens (tertiary/aromatic N) is 5. The van der Waals surface area contributed by atoms with E-state index in [0.717, 1.165) is 26.9 Å². The molecule has 3 aromatic carbocycles. The first kappa shape index (κ1) is 35.9. The van der Waals surface area contributed by atoms with Crippen LogP contribution < -0.4 is 15.2 Å². The summed E-state index contributed by atoms with van der Waals surface area (Å²) in [5.74, 6) is -0.735. The topological polar surface area (TPSA) is 112 Å². The predicted octanol–water partition coefficient (Wildman–Crippen LogP) is 6.74. The van der Waals surface area contributed by atoms with Crippen molar-refractivity contribution in [2.24, 2.45) is 5.92 Å². The molecule has 10 nitrogen and oxygen atoms in total. The second-order valence-electron chi connectivity index (χ2n) is 14.1. The number of ether oxygens (including phenoxy) is 2. The zero-order valence-corrected chi connectivity index (χ0v) is 32.0. The van der Waals surface area contributed by atoms with E-state index in [1.165, 1.54) is 11.7 Å². The average Bonchev–Trinajstić information content (AvgIpc) is 3.79. The Kier molecular flexibility index (Phi) is 9.80. The minimum atomic E-state index is -3.38. The van der Waals surface area contributed by atoms with Crippen LogP contribution in [0.3, 0.4) is 0 Å². The van der Waals surface area contributed by atoms with E-state index in [-0.39, 0.29) is 36.3 Å². The molecule has 0 saturated carbocycles. The number of methoxy groups -OCH3 is 1. The van der Waals surface area contributed by atoms with Crippen LogP contribution in [0, 0.1) is 5.92 Å². The van der Waals surface area contributed by atoms with Crippen LogP contribution in [0.4, 0.5) is 9.80 Å². The molecule has 1 spiro atoms. The number of carbonyl (C=O) groups excluding carboxylic acids is 1. The van der Waals surface area contributed by atoms with Crippen LogP contribution in [0.5, 0.6) is 5.75 Å². The molecule has 52 heavy (non-hydrogen) atoms. The van der Waals surface area contributed by atoms with Gasteiger partial charge < -0.3 is 23.6 Å². The van der Waals surface area contributed by atoms with E-state index in [2.05, 4.69) is 26.2 Å². The third-order valence-electron chi connectivity index (χ3n) is 10.6. The maximum Gasteiger partial charge on any atom is 0.297 e. The maximum atomic E-state index is 16.4. The molecular formula is C39H41BrFN5O5Si. The highest BCUT2D eigenvalue weighted by Gasteiger charge is 2.66. The molecule has 5 aromatic rings. The lowest BCUT2D eigenvalue weighted by atomic mass is 9.82. The highest BCUT2D eigenvalue weighted by Crippen LogP contribution is 2.60. The number of aliphatic hydroxyl groups excluding tert-OH is 1. The SMILES string of the molecule is COc1cccn(-c2ccc(CN3C(=O)[C@]4(O[C@H](CCn5cc(C(CO)c6ccccc6)nn5)[C@@H]([Si](C)(C)F)[C@@H]4C)c4cc(Br)ccc43)cc2)c1=O. The third kappa shape index (κ3) is 6.33. The Balaban J connectivity index is 1.16. The van der Waals surface area contributed by atoms with Gasteiger partial charge in [0, 0.05) is 46.1 Å². The zero-order valence-electron chi connectivity index (χ0n) is 29.4. The standard InChI is InChI=1S/C39H41BrFN5O5Si/c1-25-36(52(3,4)41)34(18-20-44-23-32(42-43-44)30(24-47)27-9-6-5-7-10-27)51-39(25)31-21-28(40)14-17-33(31)46(38(39)49)22-26-12-15-29(16-13-26)45-19-8-11-35(50-2)37(45)48/h5-17,19,21,23,25,30,34,36,47H,18,20,22,24H2,1-4H3/t25-,30?,34+,36-,39+/m0/s1. The summed E-state index contributed by atoms with van der Waals surface area (Å²) in [5, 5.41) is 18.8. The van der Waals surface area contributed by atoms with Crippen LogP contribution in [-0.4, -0.2) is 58.8 Å². The minimum Gasteiger partial charge on any atom is -0.491 e. The van der Waals surface area contributed by atoms with Crippen molar-refractivity contribution in [3.05, 3.63) is 135 Å². The Morgan fingerprint density at radius 3 is 2.50 bits per heavy atom. The highest BCUT2D eigenvalue weighted by atomic mass is 79.9. The molecule has 0 aliphatic carbocycles. The van der Waals surface area contributed by atoms with Crippen LogP contribution >= 0.6 is 15.9 Å². The molecule has 0 radical (unpaired) electrons. The van der Waals surface area contributed by atoms with E-state index in [1.54, 1.807) is 41.0 Å². The van der Waals surface area contributed by atoms with Crippen molar-refractivity contribution in [3.8, 4) is 11.4 Å². The number of halogens is 2. The van der Waals surface area contributed by atoms with E-state index in [9.17, 15) is 14.7 Å². The Hall–Kier alpha value is -4.43. The molecule has 13 heteroatoms. The quantitative estimate of drug-likeness (QED) is 0.117. The number of carbonyl (C=O) groups is 1. The number of fused-ring (bicyclic) bond motifs is 2. The number of pyridine rings is 1. The first-order chi connectivity index (χ1) is 25.0. The first-order valence-corrected chi connectivity index (χ1v) is 21.1. The molecule has 1 fully saturated rings. The molecule has 270 valence electrons. The highest BCUT2D eigenvalue weighted by molar-refractivity contribution is 9.10. The lowest BCUT2D eigenvalue weighted by Gasteiger charge is -2.31. The normalized spacial score (nSPS) is 21.9. The van der Waals surface area contributed by atoms with Crippen molar-refractivity contribution in [1.82, 2.24) is 19.6 Å². The van der Waals surface area contributed by atoms with E-state index in [4.69, 9.17) is 9.47 Å². The van der Waals surface area contributed by atoms with E-state index < -0.39 is 31.6 Å². The molecule has 1 amide bonds. The Bertz CT molecular complexity index is 2140. The molecule has 2 aliphatic rings. The molecule has 1 saturated heterocycles. The van der Waals surface area contributed by atoms with Gasteiger partial charge in [0.1, 0.15) is 0 Å². The molecule has 7 rings (SSSR count). The zero-order chi connectivity index (χ0) is 36.8. The van der Waals surface area contributed by atoms with Crippen molar-refractivity contribution in [2.45, 2.75) is 62.7 Å². The summed E-state index contributed by atoms with van der Waals surface area (Å²) in [5.41, 5.74) is 2.45. The second kappa shape index (κ2) is 14.2. The lowest BCUT2D eigenvalue weighted by molar-refractivity contribution is -0.146. The second-order valence-corrected chi connectivity index (χ2v) is 18.8. The number of aryl methyl sites for hydroxylation is 1. The summed E-state index contributed by atoms with van der Waals surface area (Å²) in [4.78, 5) is 29.4. The summed E-state index contributed by atoms with van der Waals surface area (Å²) in [7, 11) is -1.92. The van der Waals surface area contributed by atoms with Crippen LogP contribution in [-0.2, 0) is 28.2 Å². The molecular weight excluding hydrogens is 745 g/mol. The third-order valence-corrected chi connectivity index (χ3v) is 13.5. The van der Waals surface area contributed by atoms with Gasteiger partial charge in [0.2, 0.25) is 8.41 Å². The van der Waals surface area contributed by atoms with Gasteiger partial charge in [0.25, 0.3) is 11.5 Å². The van der Waals surface area contributed by atoms with E-state index >= 15 is 4.11 Å². The molecule has 0 bridgehead atoms. The smallest absolute Gasteiger partial charge is 0.297 e. The van der Waals surface area contributed by atoms with Crippen molar-refractivity contribution < 1.29 is 23.5 Å². The molecule has 4 heterocycles. The molecule has 5 atom stereocenters. The summed E-state index contributed by atoms with van der Waals surface area (Å²) >= 11 is 3.61. The van der Waals surface area contributed by atoms with Crippen molar-refractivity contribution in [3.63, 3.8) is 0 Å². The van der Waals surface area contributed by atoms with Crippen LogP contribution in [0.1, 0.15) is 41.6 Å². The number of aliphatic hydroxyl groups is 1. The predicted molar refractivity (Wildman–Crippen MR) is 202 cm³/mol. The Labute approximate surface area is 311 Å². The number of amides is 1. The summed E-state index contributed by atoms with van der Waals surface area (Å²) in [6.07, 6.45) is 3.38. The fourth-order valence-corrected chi connectivity index (χ4v) is 11.0. The maximum absolute atomic E-state index is 16.4. The van der Waals surface area contributed by atoms with Crippen LogP contribution in [0.2, 0.25) is 18.6 Å². The van der Waals surface area contributed by atoms with Gasteiger partial charge in [-0.1, -0.05) is 70.5 Å². The summed E-state index contributed by atoms with van der Waals surface area (Å²) < 4.78 is 32.6. The van der Waals surface area contributed by atoms with Gasteiger partial charge in [-0.25, -0.2) is 0 Å². The lowest BCUT2D eigenvalue weighted by Crippen LogP contribution is -2.45. The molecule has 1 unspecified atom stereocenters. The van der Waals surface area contributed by atoms with Crippen molar-refractivity contribution >= 4 is 35.9 Å². The van der Waals surface area contributed by atoms with Gasteiger partial charge in [-0.3, -0.25) is 18.8 Å². The number of anilines is 1. The van der Waals surface area contributed by atoms with Gasteiger partial charge >= 0.3 is 0 Å². The number of hydrogen-bond donors (Lipinski definition) is 1. The minimum absolute atomic E-state index is 0.113. The fourth-order valence-electron chi connectivity index (χ4n) is 8.12. The van der Waals surface area contributed by atoms with Crippen molar-refractivity contribution in [2.75, 3.05) is 18.6 Å².